The molecule has 0 radical (unpaired) electrons. The van der Waals surface area contributed by atoms with Crippen LogP contribution in [0.2, 0.25) is 5.15 Å². The quantitative estimate of drug-likeness (QED) is 0.0393. The fourth-order valence-electron chi connectivity index (χ4n) is 6.69. The average Bonchev–Trinajstić information content (AvgIpc) is 3.98. The van der Waals surface area contributed by atoms with Gasteiger partial charge >= 0.3 is 12.1 Å². The average molecular weight is 798 g/mol. The number of fused-ring (bicyclic) bond motifs is 1. The summed E-state index contributed by atoms with van der Waals surface area (Å²) in [5.74, 6) is 0.284. The monoisotopic (exact) mass is 797 g/mol. The number of carbonyl (C=O) groups is 2. The number of nitrogens with one attached hydrogen (secondary N) is 1. The van der Waals surface area contributed by atoms with Crippen molar-refractivity contribution in [2.24, 2.45) is 0 Å². The molecule has 4 unspecified atom stereocenters. The number of unbranched alkanes of at least 4 members (excludes halogenated alkanes) is 2. The SMILES string of the molecule is CCCCc1nc(Cl)c(C(=O)OC(C)OC(=O)O[C@@H]2COC3C2OC[C@@H]3OCCCCC(C)O[N+](=O)[O-])n1Cc1ccc(-c2ccccc2-c2nn[nH]n2)cc1. The highest BCUT2D eigenvalue weighted by molar-refractivity contribution is 6.32. The van der Waals surface area contributed by atoms with Crippen molar-refractivity contribution >= 4 is 23.7 Å². The zero-order valence-corrected chi connectivity index (χ0v) is 32.0. The summed E-state index contributed by atoms with van der Waals surface area (Å²) in [5, 5.41) is 24.1. The van der Waals surface area contributed by atoms with E-state index in [0.717, 1.165) is 35.1 Å². The van der Waals surface area contributed by atoms with E-state index < -0.39 is 47.9 Å². The highest BCUT2D eigenvalue weighted by Gasteiger charge is 2.50. The minimum absolute atomic E-state index is 0.0238. The molecule has 0 aliphatic carbocycles. The number of aryl methyl sites for hydroxylation is 1. The van der Waals surface area contributed by atoms with E-state index in [1.807, 2.05) is 48.5 Å². The molecule has 19 heteroatoms. The van der Waals surface area contributed by atoms with Gasteiger partial charge in [0.05, 0.1) is 13.2 Å². The van der Waals surface area contributed by atoms with Gasteiger partial charge in [-0.15, -0.1) is 20.3 Å². The maximum Gasteiger partial charge on any atom is 0.511 e. The molecular weight excluding hydrogens is 754 g/mol. The predicted molar refractivity (Wildman–Crippen MR) is 197 cm³/mol. The van der Waals surface area contributed by atoms with E-state index in [-0.39, 0.29) is 36.7 Å². The molecule has 2 fully saturated rings. The van der Waals surface area contributed by atoms with E-state index in [2.05, 4.69) is 37.4 Å². The van der Waals surface area contributed by atoms with E-state index in [9.17, 15) is 19.7 Å². The van der Waals surface area contributed by atoms with Gasteiger partial charge in [-0.2, -0.15) is 5.21 Å². The first-order valence-corrected chi connectivity index (χ1v) is 18.9. The molecule has 0 amide bonds. The molecule has 56 heavy (non-hydrogen) atoms. The van der Waals surface area contributed by atoms with E-state index in [1.54, 1.807) is 11.5 Å². The summed E-state index contributed by atoms with van der Waals surface area (Å²) in [7, 11) is 0. The second-order valence-electron chi connectivity index (χ2n) is 13.5. The third kappa shape index (κ3) is 10.2. The molecule has 2 aliphatic rings. The minimum Gasteiger partial charge on any atom is -0.426 e. The van der Waals surface area contributed by atoms with Crippen molar-refractivity contribution in [3.05, 3.63) is 80.9 Å². The lowest BCUT2D eigenvalue weighted by molar-refractivity contribution is -0.767. The van der Waals surface area contributed by atoms with Crippen molar-refractivity contribution in [3.8, 4) is 22.5 Å². The Morgan fingerprint density at radius 1 is 1.02 bits per heavy atom. The maximum absolute atomic E-state index is 13.6. The number of hydrogen-bond donors (Lipinski definition) is 1. The van der Waals surface area contributed by atoms with Gasteiger partial charge in [-0.05, 0) is 54.5 Å². The number of ether oxygens (including phenoxy) is 6. The predicted octanol–water partition coefficient (Wildman–Crippen LogP) is 5.75. The molecule has 18 nitrogen and oxygen atoms in total. The van der Waals surface area contributed by atoms with Crippen molar-refractivity contribution in [1.29, 1.82) is 0 Å². The Morgan fingerprint density at radius 3 is 2.46 bits per heavy atom. The molecule has 2 aromatic heterocycles. The van der Waals surface area contributed by atoms with Gasteiger partial charge in [0, 0.05) is 32.1 Å². The van der Waals surface area contributed by atoms with Crippen LogP contribution < -0.4 is 0 Å². The summed E-state index contributed by atoms with van der Waals surface area (Å²) in [6.45, 7) is 6.08. The van der Waals surface area contributed by atoms with Gasteiger partial charge in [0.25, 0.3) is 5.09 Å². The number of H-pyrrole nitrogens is 1. The van der Waals surface area contributed by atoms with Crippen LogP contribution in [0.1, 0.15) is 74.8 Å². The molecular formula is C37H44ClN7O11. The number of imidazole rings is 1. The first kappa shape index (κ1) is 40.5. The zero-order valence-electron chi connectivity index (χ0n) is 31.2. The maximum atomic E-state index is 13.6. The number of halogens is 1. The van der Waals surface area contributed by atoms with Crippen molar-refractivity contribution in [2.45, 2.75) is 103 Å². The Morgan fingerprint density at radius 2 is 1.75 bits per heavy atom. The fourth-order valence-corrected chi connectivity index (χ4v) is 6.97. The normalized spacial score (nSPS) is 19.9. The lowest BCUT2D eigenvalue weighted by atomic mass is 9.98. The Balaban J connectivity index is 1.02. The number of aromatic nitrogens is 6. The number of hydrogen-bond acceptors (Lipinski definition) is 15. The molecule has 2 aromatic carbocycles. The third-order valence-electron chi connectivity index (χ3n) is 9.42. The van der Waals surface area contributed by atoms with Crippen LogP contribution in [0.4, 0.5) is 4.79 Å². The van der Waals surface area contributed by atoms with Crippen LogP contribution in [0.5, 0.6) is 0 Å². The summed E-state index contributed by atoms with van der Waals surface area (Å²) < 4.78 is 35.6. The van der Waals surface area contributed by atoms with Gasteiger partial charge in [-0.25, -0.2) is 14.6 Å². The first-order chi connectivity index (χ1) is 27.1. The van der Waals surface area contributed by atoms with Crippen LogP contribution in [0.25, 0.3) is 22.5 Å². The van der Waals surface area contributed by atoms with E-state index in [4.69, 9.17) is 40.0 Å². The highest BCUT2D eigenvalue weighted by atomic mass is 35.5. The third-order valence-corrected chi connectivity index (χ3v) is 9.68. The summed E-state index contributed by atoms with van der Waals surface area (Å²) in [6.07, 6.45) is -0.859. The summed E-state index contributed by atoms with van der Waals surface area (Å²) in [5.41, 5.74) is 3.61. The summed E-state index contributed by atoms with van der Waals surface area (Å²) >= 11 is 6.55. The van der Waals surface area contributed by atoms with Crippen molar-refractivity contribution in [1.82, 2.24) is 30.2 Å². The number of nitrogens with zero attached hydrogens (tertiary/aromatic N) is 6. The summed E-state index contributed by atoms with van der Waals surface area (Å²) in [6, 6.07) is 15.6. The Bertz CT molecular complexity index is 1930. The van der Waals surface area contributed by atoms with Crippen LogP contribution in [-0.2, 0) is 46.2 Å². The molecule has 4 heterocycles. The number of benzene rings is 2. The largest absolute Gasteiger partial charge is 0.511 e. The topological polar surface area (TPSA) is 214 Å². The molecule has 0 spiro atoms. The van der Waals surface area contributed by atoms with Crippen LogP contribution in [0.15, 0.2) is 48.5 Å². The van der Waals surface area contributed by atoms with Gasteiger partial charge in [0.15, 0.2) is 17.0 Å². The van der Waals surface area contributed by atoms with Crippen molar-refractivity contribution < 1.29 is 47.9 Å². The lowest BCUT2D eigenvalue weighted by Gasteiger charge is -2.19. The number of carbonyl (C=O) groups excluding carboxylic acids is 2. The lowest BCUT2D eigenvalue weighted by Crippen LogP contribution is -2.36. The van der Waals surface area contributed by atoms with Crippen LogP contribution >= 0.6 is 11.6 Å². The van der Waals surface area contributed by atoms with Crippen LogP contribution in [0, 0.1) is 10.1 Å². The fraction of sp³-hybridized carbons (Fsp3) is 0.514. The van der Waals surface area contributed by atoms with E-state index in [1.165, 1.54) is 6.92 Å². The Hall–Kier alpha value is -5.17. The minimum atomic E-state index is -1.33. The van der Waals surface area contributed by atoms with Gasteiger partial charge < -0.3 is 37.8 Å². The number of aromatic amines is 1. The van der Waals surface area contributed by atoms with Gasteiger partial charge in [0.2, 0.25) is 12.1 Å². The first-order valence-electron chi connectivity index (χ1n) is 18.5. The second kappa shape index (κ2) is 19.1. The number of rotatable bonds is 19. The molecule has 0 saturated carbocycles. The Kier molecular flexibility index (Phi) is 13.8. The van der Waals surface area contributed by atoms with Crippen LogP contribution in [-0.4, -0.2) is 104 Å². The molecule has 2 aliphatic heterocycles. The van der Waals surface area contributed by atoms with Crippen LogP contribution in [0.3, 0.4) is 0 Å². The zero-order chi connectivity index (χ0) is 39.6. The Labute approximate surface area is 327 Å². The second-order valence-corrected chi connectivity index (χ2v) is 13.8. The van der Waals surface area contributed by atoms with Crippen molar-refractivity contribution in [2.75, 3.05) is 19.8 Å². The number of tetrazole rings is 1. The standard InChI is InChI=1S/C37H44ClN7O11/c1-4-5-13-30-39-34(38)31(44(30)19-24-14-16-25(17-15-24)26-11-6-7-12-27(26)35-40-42-43-41-35)36(46)53-23(3)54-37(47)55-29-21-52-32-28(20-51-33(29)32)50-18-9-8-10-22(2)56-45(48)49/h6-7,11-12,14-17,22-23,28-29,32-33H,4-5,8-10,13,18-21H2,1-3H3,(H,40,41,42,43)/t22?,23?,28-,29+,32?,33?/m0/s1. The molecule has 1 N–H and O–H groups in total. The summed E-state index contributed by atoms with van der Waals surface area (Å²) in [4.78, 5) is 45.8. The molecule has 4 aromatic rings. The van der Waals surface area contributed by atoms with E-state index >= 15 is 0 Å². The molecule has 300 valence electrons. The smallest absolute Gasteiger partial charge is 0.426 e. The molecule has 6 atom stereocenters. The van der Waals surface area contributed by atoms with Gasteiger partial charge in [-0.1, -0.05) is 73.5 Å². The van der Waals surface area contributed by atoms with Gasteiger partial charge in [-0.3, -0.25) is 0 Å². The number of esters is 1. The van der Waals surface area contributed by atoms with Crippen molar-refractivity contribution in [3.63, 3.8) is 0 Å². The molecule has 2 saturated heterocycles. The van der Waals surface area contributed by atoms with Gasteiger partial charge in [0.1, 0.15) is 30.2 Å². The van der Waals surface area contributed by atoms with E-state index in [0.29, 0.717) is 43.9 Å². The molecule has 6 rings (SSSR count). The molecule has 0 bridgehead atoms. The highest BCUT2D eigenvalue weighted by Crippen LogP contribution is 2.32.